The van der Waals surface area contributed by atoms with Crippen molar-refractivity contribution in [3.63, 3.8) is 0 Å². The number of thiophene rings is 1. The Balaban J connectivity index is 1.29. The molecule has 0 spiro atoms. The molecule has 1 aliphatic rings. The number of hydrogen-bond donors (Lipinski definition) is 0. The highest BCUT2D eigenvalue weighted by Crippen LogP contribution is 2.38. The van der Waals surface area contributed by atoms with Crippen LogP contribution in [0.15, 0.2) is 81.5 Å². The number of benzene rings is 3. The first kappa shape index (κ1) is 26.6. The van der Waals surface area contributed by atoms with Crippen molar-refractivity contribution < 1.29 is 14.2 Å². The molecule has 0 amide bonds. The van der Waals surface area contributed by atoms with E-state index in [0.717, 1.165) is 34.8 Å². The van der Waals surface area contributed by atoms with E-state index in [0.29, 0.717) is 26.4 Å². The maximum atomic E-state index is 6.17. The van der Waals surface area contributed by atoms with E-state index in [4.69, 9.17) is 14.2 Å². The first-order valence-corrected chi connectivity index (χ1v) is 13.8. The predicted molar refractivity (Wildman–Crippen MR) is 158 cm³/mol. The number of rotatable bonds is 11. The molecule has 0 aliphatic carbocycles. The van der Waals surface area contributed by atoms with Gasteiger partial charge in [-0.2, -0.15) is 5.11 Å². The quantitative estimate of drug-likeness (QED) is 0.145. The molecule has 0 bridgehead atoms. The fourth-order valence-corrected chi connectivity index (χ4v) is 5.51. The molecular weight excluding hydrogens is 506 g/mol. The van der Waals surface area contributed by atoms with Crippen LogP contribution in [0.2, 0.25) is 0 Å². The fourth-order valence-electron chi connectivity index (χ4n) is 4.57. The van der Waals surface area contributed by atoms with Gasteiger partial charge in [0.15, 0.2) is 0 Å². The van der Waals surface area contributed by atoms with Gasteiger partial charge in [-0.3, -0.25) is 0 Å². The standard InChI is InChI=1S/C32H31N3O3S/c1-4-5-25(17-26-19-33-35-34-26)24-8-11-27(12-9-24)38-20-23-7-13-32-30(16-23)31(21-39-32)29-18-28(10-6-22(29)2)37-15-14-36-3/h6-13,16,18,21,25H,14-15,17,19-20H2,1-3H3/t25-/m0/s1. The third-order valence-electron chi connectivity index (χ3n) is 6.64. The Kier molecular flexibility index (Phi) is 8.67. The largest absolute Gasteiger partial charge is 0.491 e. The van der Waals surface area contributed by atoms with Gasteiger partial charge in [0.1, 0.15) is 31.3 Å². The van der Waals surface area contributed by atoms with Crippen LogP contribution in [0, 0.1) is 18.8 Å². The first-order chi connectivity index (χ1) is 19.1. The summed E-state index contributed by atoms with van der Waals surface area (Å²) in [4.78, 5) is 0. The molecule has 3 aromatic carbocycles. The molecule has 2 heterocycles. The van der Waals surface area contributed by atoms with Crippen molar-refractivity contribution in [1.29, 1.82) is 0 Å². The van der Waals surface area contributed by atoms with Crippen LogP contribution in [-0.4, -0.2) is 32.6 Å². The number of aryl methyl sites for hydroxylation is 1. The second-order valence-electron chi connectivity index (χ2n) is 9.36. The summed E-state index contributed by atoms with van der Waals surface area (Å²) in [5.74, 6) is 8.07. The Morgan fingerprint density at radius 1 is 0.949 bits per heavy atom. The van der Waals surface area contributed by atoms with Crippen LogP contribution in [0.3, 0.4) is 0 Å². The summed E-state index contributed by atoms with van der Waals surface area (Å²) >= 11 is 1.75. The molecule has 0 saturated carbocycles. The van der Waals surface area contributed by atoms with Crippen LogP contribution in [-0.2, 0) is 11.3 Å². The van der Waals surface area contributed by atoms with Crippen LogP contribution in [0.5, 0.6) is 11.5 Å². The highest BCUT2D eigenvalue weighted by atomic mass is 32.1. The van der Waals surface area contributed by atoms with Gasteiger partial charge in [-0.15, -0.1) is 22.4 Å². The number of ether oxygens (including phenoxy) is 3. The highest BCUT2D eigenvalue weighted by molar-refractivity contribution is 7.17. The summed E-state index contributed by atoms with van der Waals surface area (Å²) in [6.45, 7) is 6.14. The van der Waals surface area contributed by atoms with E-state index in [-0.39, 0.29) is 5.92 Å². The van der Waals surface area contributed by atoms with Gasteiger partial charge < -0.3 is 14.2 Å². The molecule has 1 atom stereocenters. The van der Waals surface area contributed by atoms with Gasteiger partial charge in [0, 0.05) is 29.2 Å². The average molecular weight is 538 g/mol. The van der Waals surface area contributed by atoms with Gasteiger partial charge in [-0.05, 0) is 83.1 Å². The van der Waals surface area contributed by atoms with E-state index in [1.54, 1.807) is 18.4 Å². The molecule has 0 fully saturated rings. The monoisotopic (exact) mass is 537 g/mol. The Morgan fingerprint density at radius 2 is 1.79 bits per heavy atom. The molecule has 1 aromatic heterocycles. The van der Waals surface area contributed by atoms with Gasteiger partial charge in [0.2, 0.25) is 0 Å². The van der Waals surface area contributed by atoms with Crippen LogP contribution >= 0.6 is 11.3 Å². The van der Waals surface area contributed by atoms with Gasteiger partial charge in [-0.25, -0.2) is 0 Å². The van der Waals surface area contributed by atoms with Gasteiger partial charge >= 0.3 is 0 Å². The highest BCUT2D eigenvalue weighted by Gasteiger charge is 2.15. The van der Waals surface area contributed by atoms with E-state index >= 15 is 0 Å². The Bertz CT molecular complexity index is 1560. The molecule has 0 N–H and O–H groups in total. The maximum Gasteiger partial charge on any atom is 0.120 e. The van der Waals surface area contributed by atoms with E-state index in [9.17, 15) is 0 Å². The summed E-state index contributed by atoms with van der Waals surface area (Å²) in [5, 5.41) is 15.2. The lowest BCUT2D eigenvalue weighted by Crippen LogP contribution is -2.07. The fraction of sp³-hybridized carbons (Fsp3) is 0.281. The smallest absolute Gasteiger partial charge is 0.120 e. The molecular formula is C32H31N3O3S. The van der Waals surface area contributed by atoms with Crippen molar-refractivity contribution in [2.24, 2.45) is 15.4 Å². The third-order valence-corrected chi connectivity index (χ3v) is 7.61. The Labute approximate surface area is 233 Å². The molecule has 5 rings (SSSR count). The Hall–Kier alpha value is -3.99. The van der Waals surface area contributed by atoms with Crippen molar-refractivity contribution >= 4 is 27.1 Å². The summed E-state index contributed by atoms with van der Waals surface area (Å²) in [5.41, 5.74) is 6.83. The minimum Gasteiger partial charge on any atom is -0.491 e. The van der Waals surface area contributed by atoms with Gasteiger partial charge in [0.05, 0.1) is 18.2 Å². The molecule has 39 heavy (non-hydrogen) atoms. The predicted octanol–water partition coefficient (Wildman–Crippen LogP) is 7.80. The molecule has 0 radical (unpaired) electrons. The zero-order valence-corrected chi connectivity index (χ0v) is 23.3. The lowest BCUT2D eigenvalue weighted by Gasteiger charge is -2.12. The molecule has 4 aromatic rings. The van der Waals surface area contributed by atoms with Crippen LogP contribution in [0.1, 0.15) is 36.0 Å². The number of nitrogens with zero attached hydrogens (tertiary/aromatic N) is 3. The van der Waals surface area contributed by atoms with E-state index in [1.165, 1.54) is 26.8 Å². The van der Waals surface area contributed by atoms with Crippen LogP contribution in [0.25, 0.3) is 21.2 Å². The summed E-state index contributed by atoms with van der Waals surface area (Å²) in [7, 11) is 1.68. The maximum absolute atomic E-state index is 6.17. The van der Waals surface area contributed by atoms with Crippen molar-refractivity contribution in [3.05, 3.63) is 82.7 Å². The van der Waals surface area contributed by atoms with E-state index in [2.05, 4.69) is 82.0 Å². The number of fused-ring (bicyclic) bond motifs is 1. The normalized spacial score (nSPS) is 13.2. The number of methoxy groups -OCH3 is 1. The zero-order valence-electron chi connectivity index (χ0n) is 22.4. The van der Waals surface area contributed by atoms with Crippen LogP contribution in [0.4, 0.5) is 0 Å². The number of hydrogen-bond acceptors (Lipinski definition) is 7. The topological polar surface area (TPSA) is 64.8 Å². The SMILES string of the molecule is CC#C[C@@H](CC1=NN=NC1)c1ccc(OCc2ccc3scc(-c4cc(OCCOC)ccc4C)c3c2)cc1. The minimum absolute atomic E-state index is 0.0676. The lowest BCUT2D eigenvalue weighted by atomic mass is 9.94. The van der Waals surface area contributed by atoms with E-state index < -0.39 is 0 Å². The molecule has 7 heteroatoms. The second kappa shape index (κ2) is 12.7. The van der Waals surface area contributed by atoms with Crippen molar-refractivity contribution in [2.45, 2.75) is 32.8 Å². The second-order valence-corrected chi connectivity index (χ2v) is 10.3. The molecule has 6 nitrogen and oxygen atoms in total. The van der Waals surface area contributed by atoms with Gasteiger partial charge in [0.25, 0.3) is 0 Å². The van der Waals surface area contributed by atoms with E-state index in [1.807, 2.05) is 25.1 Å². The summed E-state index contributed by atoms with van der Waals surface area (Å²) < 4.78 is 18.4. The third kappa shape index (κ3) is 6.54. The first-order valence-electron chi connectivity index (χ1n) is 12.9. The van der Waals surface area contributed by atoms with Gasteiger partial charge in [-0.1, -0.05) is 30.2 Å². The average Bonchev–Trinajstić information content (AvgIpc) is 3.63. The zero-order chi connectivity index (χ0) is 27.0. The minimum atomic E-state index is 0.0676. The molecule has 1 aliphatic heterocycles. The van der Waals surface area contributed by atoms with Crippen molar-refractivity contribution in [2.75, 3.05) is 26.9 Å². The van der Waals surface area contributed by atoms with Crippen molar-refractivity contribution in [3.8, 4) is 34.5 Å². The van der Waals surface area contributed by atoms with Crippen LogP contribution < -0.4 is 9.47 Å². The summed E-state index contributed by atoms with van der Waals surface area (Å²) in [6, 6.07) is 21.0. The Morgan fingerprint density at radius 3 is 2.56 bits per heavy atom. The van der Waals surface area contributed by atoms with Crippen molar-refractivity contribution in [1.82, 2.24) is 0 Å². The molecule has 0 saturated heterocycles. The lowest BCUT2D eigenvalue weighted by molar-refractivity contribution is 0.146. The molecule has 0 unspecified atom stereocenters. The molecule has 198 valence electrons. The summed E-state index contributed by atoms with van der Waals surface area (Å²) in [6.07, 6.45) is 0.735.